The molecule has 1 saturated heterocycles. The first-order valence-corrected chi connectivity index (χ1v) is 15.5. The molecule has 2 aromatic carbocycles. The molecule has 0 aliphatic carbocycles. The largest absolute Gasteiger partial charge is 0.353 e. The quantitative estimate of drug-likeness (QED) is 0.255. The average Bonchev–Trinajstić information content (AvgIpc) is 2.95. The third kappa shape index (κ3) is 11.9. The lowest BCUT2D eigenvalue weighted by atomic mass is 9.87. The van der Waals surface area contributed by atoms with E-state index >= 15 is 0 Å². The van der Waals surface area contributed by atoms with Gasteiger partial charge in [-0.3, -0.25) is 9.59 Å². The lowest BCUT2D eigenvalue weighted by molar-refractivity contribution is -0.117. The van der Waals surface area contributed by atoms with Crippen LogP contribution in [0, 0.1) is 0 Å². The summed E-state index contributed by atoms with van der Waals surface area (Å²) >= 11 is 0. The number of carbonyl (C=O) groups is 2. The molecule has 1 heterocycles. The molecule has 3 rings (SSSR count). The molecule has 1 fully saturated rings. The molecule has 0 bridgehead atoms. The summed E-state index contributed by atoms with van der Waals surface area (Å²) in [5.41, 5.74) is 4.90. The Morgan fingerprint density at radius 2 is 0.952 bits per heavy atom. The zero-order valence-corrected chi connectivity index (χ0v) is 26.7. The molecule has 0 saturated carbocycles. The van der Waals surface area contributed by atoms with Gasteiger partial charge in [0.05, 0.1) is 0 Å². The van der Waals surface area contributed by atoms with Gasteiger partial charge in [0.25, 0.3) is 0 Å². The molecule has 1 aliphatic rings. The summed E-state index contributed by atoms with van der Waals surface area (Å²) in [5.74, 6) is -0.0888. The van der Waals surface area contributed by atoms with Crippen molar-refractivity contribution in [2.45, 2.75) is 65.2 Å². The third-order valence-corrected chi connectivity index (χ3v) is 7.77. The van der Waals surface area contributed by atoms with Crippen molar-refractivity contribution in [3.05, 3.63) is 82.9 Å². The Hall–Kier alpha value is -3.22. The van der Waals surface area contributed by atoms with E-state index in [1.54, 1.807) is 12.2 Å². The zero-order valence-electron chi connectivity index (χ0n) is 26.7. The third-order valence-electron chi connectivity index (χ3n) is 7.77. The molecule has 1 aliphatic heterocycles. The smallest absolute Gasteiger partial charge is 0.243 e. The fourth-order valence-electron chi connectivity index (χ4n) is 4.92. The lowest BCUT2D eigenvalue weighted by Gasteiger charge is -2.34. The number of amides is 2. The zero-order chi connectivity index (χ0) is 30.6. The maximum atomic E-state index is 12.2. The molecule has 0 unspecified atom stereocenters. The molecule has 0 radical (unpaired) electrons. The van der Waals surface area contributed by atoms with Crippen LogP contribution in [0.25, 0.3) is 12.2 Å². The topological polar surface area (TPSA) is 64.7 Å². The Balaban J connectivity index is 1.22. The van der Waals surface area contributed by atoms with Crippen LogP contribution in [0.3, 0.4) is 0 Å². The fraction of sp³-hybridized carbons (Fsp3) is 0.500. The van der Waals surface area contributed by atoms with Gasteiger partial charge in [-0.25, -0.2) is 0 Å². The molecule has 228 valence electrons. The van der Waals surface area contributed by atoms with Crippen LogP contribution in [0.2, 0.25) is 0 Å². The van der Waals surface area contributed by atoms with Gasteiger partial charge in [-0.05, 0) is 71.2 Å². The summed E-state index contributed by atoms with van der Waals surface area (Å²) in [6.07, 6.45) is 8.87. The number of nitrogens with zero attached hydrogens (tertiary/aromatic N) is 2. The molecule has 0 aromatic heterocycles. The van der Waals surface area contributed by atoms with E-state index < -0.39 is 0 Å². The fourth-order valence-corrected chi connectivity index (χ4v) is 4.92. The van der Waals surface area contributed by atoms with Gasteiger partial charge in [0.15, 0.2) is 0 Å². The highest BCUT2D eigenvalue weighted by Gasteiger charge is 2.16. The summed E-state index contributed by atoms with van der Waals surface area (Å²) in [7, 11) is 0. The number of carbonyl (C=O) groups excluding carboxylic acids is 2. The van der Waals surface area contributed by atoms with Crippen LogP contribution in [0.15, 0.2) is 60.7 Å². The Labute approximate surface area is 254 Å². The Kier molecular flexibility index (Phi) is 12.6. The molecule has 2 N–H and O–H groups in total. The highest BCUT2D eigenvalue weighted by Crippen LogP contribution is 2.23. The van der Waals surface area contributed by atoms with Crippen molar-refractivity contribution in [3.63, 3.8) is 0 Å². The van der Waals surface area contributed by atoms with Crippen molar-refractivity contribution in [1.29, 1.82) is 0 Å². The minimum Gasteiger partial charge on any atom is -0.353 e. The summed E-state index contributed by atoms with van der Waals surface area (Å²) in [6.45, 7) is 20.7. The Morgan fingerprint density at radius 1 is 0.619 bits per heavy atom. The maximum absolute atomic E-state index is 12.2. The summed E-state index contributed by atoms with van der Waals surface area (Å²) < 4.78 is 0. The number of hydrogen-bond donors (Lipinski definition) is 2. The standard InChI is InChI=1S/C36H52N4O2/c1-35(2,3)31-15-9-29(10-16-31)13-19-33(41)37-21-7-23-39-25-27-40(28-26-39)24-8-22-38-34(42)20-14-30-11-17-32(18-12-30)36(4,5)6/h9-20H,7-8,21-28H2,1-6H3,(H,37,41)(H,38,42)/b19-13+,20-14+. The second-order valence-electron chi connectivity index (χ2n) is 13.4. The summed E-state index contributed by atoms with van der Waals surface area (Å²) in [6, 6.07) is 16.8. The predicted molar refractivity (Wildman–Crippen MR) is 176 cm³/mol. The molecule has 6 nitrogen and oxygen atoms in total. The van der Waals surface area contributed by atoms with Gasteiger partial charge in [0.2, 0.25) is 11.8 Å². The van der Waals surface area contributed by atoms with E-state index in [4.69, 9.17) is 0 Å². The first kappa shape index (κ1) is 33.3. The number of nitrogens with one attached hydrogen (secondary N) is 2. The summed E-state index contributed by atoms with van der Waals surface area (Å²) in [4.78, 5) is 29.3. The van der Waals surface area contributed by atoms with Crippen molar-refractivity contribution in [3.8, 4) is 0 Å². The Bertz CT molecular complexity index is 1080. The van der Waals surface area contributed by atoms with Crippen LogP contribution < -0.4 is 10.6 Å². The first-order chi connectivity index (χ1) is 19.9. The second-order valence-corrected chi connectivity index (χ2v) is 13.4. The Morgan fingerprint density at radius 3 is 1.26 bits per heavy atom. The van der Waals surface area contributed by atoms with E-state index in [2.05, 4.69) is 111 Å². The molecule has 0 atom stereocenters. The molecular weight excluding hydrogens is 520 g/mol. The number of benzene rings is 2. The second kappa shape index (κ2) is 15.9. The van der Waals surface area contributed by atoms with Crippen molar-refractivity contribution >= 4 is 24.0 Å². The molecule has 42 heavy (non-hydrogen) atoms. The van der Waals surface area contributed by atoms with Gasteiger partial charge in [-0.2, -0.15) is 0 Å². The monoisotopic (exact) mass is 572 g/mol. The van der Waals surface area contributed by atoms with Gasteiger partial charge >= 0.3 is 0 Å². The highest BCUT2D eigenvalue weighted by atomic mass is 16.2. The molecule has 2 amide bonds. The molecule has 0 spiro atoms. The van der Waals surface area contributed by atoms with Crippen LogP contribution in [0.1, 0.15) is 76.6 Å². The molecule has 2 aromatic rings. The van der Waals surface area contributed by atoms with Crippen LogP contribution in [0.5, 0.6) is 0 Å². The van der Waals surface area contributed by atoms with Gasteiger partial charge in [-0.15, -0.1) is 0 Å². The highest BCUT2D eigenvalue weighted by molar-refractivity contribution is 5.92. The van der Waals surface area contributed by atoms with Gasteiger partial charge < -0.3 is 20.4 Å². The van der Waals surface area contributed by atoms with E-state index in [1.807, 2.05) is 12.2 Å². The minimum absolute atomic E-state index is 0.0444. The first-order valence-electron chi connectivity index (χ1n) is 15.5. The van der Waals surface area contributed by atoms with E-state index in [1.165, 1.54) is 11.1 Å². The van der Waals surface area contributed by atoms with Crippen molar-refractivity contribution in [1.82, 2.24) is 20.4 Å². The van der Waals surface area contributed by atoms with Crippen LogP contribution in [-0.4, -0.2) is 74.0 Å². The van der Waals surface area contributed by atoms with Crippen molar-refractivity contribution < 1.29 is 9.59 Å². The normalized spacial score (nSPS) is 15.4. The van der Waals surface area contributed by atoms with Gasteiger partial charge in [0, 0.05) is 51.4 Å². The van der Waals surface area contributed by atoms with Crippen LogP contribution in [0.4, 0.5) is 0 Å². The van der Waals surface area contributed by atoms with Crippen molar-refractivity contribution in [2.24, 2.45) is 0 Å². The molecule has 6 heteroatoms. The van der Waals surface area contributed by atoms with E-state index in [0.29, 0.717) is 13.1 Å². The molecular formula is C36H52N4O2. The lowest BCUT2D eigenvalue weighted by Crippen LogP contribution is -2.47. The van der Waals surface area contributed by atoms with E-state index in [0.717, 1.165) is 63.2 Å². The minimum atomic E-state index is -0.0444. The number of piperazine rings is 1. The predicted octanol–water partition coefficient (Wildman–Crippen LogP) is 5.64. The average molecular weight is 573 g/mol. The van der Waals surface area contributed by atoms with E-state index in [-0.39, 0.29) is 22.6 Å². The van der Waals surface area contributed by atoms with E-state index in [9.17, 15) is 9.59 Å². The summed E-state index contributed by atoms with van der Waals surface area (Å²) in [5, 5.41) is 6.01. The number of rotatable bonds is 12. The van der Waals surface area contributed by atoms with Crippen LogP contribution in [-0.2, 0) is 20.4 Å². The van der Waals surface area contributed by atoms with Crippen molar-refractivity contribution in [2.75, 3.05) is 52.4 Å². The van der Waals surface area contributed by atoms with Gasteiger partial charge in [0.1, 0.15) is 0 Å². The SMILES string of the molecule is CC(C)(C)c1ccc(/C=C/C(=O)NCCCN2CCN(CCCNC(=O)/C=C/c3ccc(C(C)(C)C)cc3)CC2)cc1. The number of hydrogen-bond acceptors (Lipinski definition) is 4. The van der Waals surface area contributed by atoms with Crippen LogP contribution >= 0.6 is 0 Å². The maximum Gasteiger partial charge on any atom is 0.243 e. The van der Waals surface area contributed by atoms with Gasteiger partial charge in [-0.1, -0.05) is 90.1 Å².